The Morgan fingerprint density at radius 2 is 0.771 bits per heavy atom. The molecule has 0 aliphatic carbocycles. The summed E-state index contributed by atoms with van der Waals surface area (Å²) in [5.41, 5.74) is 11.7. The van der Waals surface area contributed by atoms with E-state index in [1.807, 2.05) is 147 Å². The van der Waals surface area contributed by atoms with Crippen molar-refractivity contribution in [2.24, 2.45) is 0 Å². The summed E-state index contributed by atoms with van der Waals surface area (Å²) in [6.07, 6.45) is 4.67. The molecule has 360 valence electrons. The highest BCUT2D eigenvalue weighted by Crippen LogP contribution is 2.38. The largest absolute Gasteiger partial charge is 0.507 e. The molecule has 8 bridgehead atoms. The van der Waals surface area contributed by atoms with Crippen LogP contribution in [0.2, 0.25) is 0 Å². The van der Waals surface area contributed by atoms with Crippen molar-refractivity contribution in [2.45, 2.75) is 91.6 Å². The highest BCUT2D eigenvalue weighted by Gasteiger charge is 2.33. The van der Waals surface area contributed by atoms with Crippen LogP contribution >= 0.6 is 0 Å². The molecule has 3 heterocycles. The predicted molar refractivity (Wildman–Crippen MR) is 271 cm³/mol. The lowest BCUT2D eigenvalue weighted by atomic mass is 9.93. The molecule has 0 fully saturated rings. The van der Waals surface area contributed by atoms with Gasteiger partial charge in [-0.1, -0.05) is 107 Å². The molecule has 0 amide bonds. The number of H-pyrrole nitrogens is 2. The van der Waals surface area contributed by atoms with Gasteiger partial charge in [0.2, 0.25) is 0 Å². The zero-order valence-corrected chi connectivity index (χ0v) is 40.5. The van der Waals surface area contributed by atoms with Crippen molar-refractivity contribution in [3.8, 4) is 23.0 Å². The zero-order chi connectivity index (χ0) is 49.4. The highest BCUT2D eigenvalue weighted by atomic mass is 16.5. The van der Waals surface area contributed by atoms with Crippen LogP contribution in [0, 0.1) is 27.7 Å². The van der Waals surface area contributed by atoms with E-state index >= 15 is 0 Å². The number of benzene rings is 6. The number of phenols is 4. The van der Waals surface area contributed by atoms with E-state index in [0.717, 1.165) is 55.2 Å². The van der Waals surface area contributed by atoms with Gasteiger partial charge in [0.15, 0.2) is 0 Å². The number of rotatable bonds is 8. The molecule has 2 atom stereocenters. The summed E-state index contributed by atoms with van der Waals surface area (Å²) in [6, 6.07) is 29.3. The molecule has 8 aromatic rings. The fourth-order valence-corrected chi connectivity index (χ4v) is 10.6. The third-order valence-corrected chi connectivity index (χ3v) is 13.9. The number of aromatic hydroxyl groups is 4. The smallest absolute Gasteiger partial charge is 0.323 e. The molecule has 70 heavy (non-hydrogen) atoms. The van der Waals surface area contributed by atoms with Crippen LogP contribution in [0.1, 0.15) is 77.9 Å². The lowest BCUT2D eigenvalue weighted by Crippen LogP contribution is -2.42. The zero-order valence-electron chi connectivity index (χ0n) is 40.5. The molecular formula is C58H60N4O8. The SMILES string of the molecule is COC(=O)[C@@H](Cc1c[nH]c2ccccc12)N1Cc2cc(C)cc(c2O)Cc2cc(C)cc(c2O)CN([C@H](Cc2c[nH]c3ccccc23)C(=O)OC)Cc2cc(C)cc(c2O)Cc2cc(C)cc(c2O)C1. The number of phenolic OH excluding ortho intramolecular Hbond substituents is 4. The molecule has 1 aliphatic rings. The maximum absolute atomic E-state index is 14.1. The number of carbonyl (C=O) groups is 2. The Balaban J connectivity index is 1.21. The number of ether oxygens (including phenoxy) is 2. The first-order valence-electron chi connectivity index (χ1n) is 23.7. The van der Waals surface area contributed by atoms with Crippen molar-refractivity contribution in [3.05, 3.63) is 187 Å². The van der Waals surface area contributed by atoms with Gasteiger partial charge in [0.1, 0.15) is 35.1 Å². The maximum atomic E-state index is 14.1. The summed E-state index contributed by atoms with van der Waals surface area (Å²) < 4.78 is 11.0. The van der Waals surface area contributed by atoms with Gasteiger partial charge in [0.05, 0.1) is 14.2 Å². The van der Waals surface area contributed by atoms with Crippen LogP contribution < -0.4 is 0 Å². The van der Waals surface area contributed by atoms with E-state index in [9.17, 15) is 30.0 Å². The van der Waals surface area contributed by atoms with Gasteiger partial charge in [-0.2, -0.15) is 0 Å². The van der Waals surface area contributed by atoms with Crippen molar-refractivity contribution in [1.29, 1.82) is 0 Å². The van der Waals surface area contributed by atoms with Gasteiger partial charge in [0.25, 0.3) is 0 Å². The number of aromatic nitrogens is 2. The lowest BCUT2D eigenvalue weighted by molar-refractivity contribution is -0.148. The number of methoxy groups -OCH3 is 2. The molecule has 9 rings (SSSR count). The Bertz CT molecular complexity index is 2940. The first kappa shape index (κ1) is 47.5. The fraction of sp³-hybridized carbons (Fsp3) is 0.276. The number of carbonyl (C=O) groups excluding carboxylic acids is 2. The Labute approximate surface area is 407 Å². The second-order valence-electron chi connectivity index (χ2n) is 19.1. The second-order valence-corrected chi connectivity index (χ2v) is 19.1. The normalized spacial score (nSPS) is 14.6. The summed E-state index contributed by atoms with van der Waals surface area (Å²) in [5, 5.41) is 51.2. The third-order valence-electron chi connectivity index (χ3n) is 13.9. The molecule has 0 spiro atoms. The molecule has 1 aliphatic heterocycles. The summed E-state index contributed by atoms with van der Waals surface area (Å²) >= 11 is 0. The Hall–Kier alpha value is -7.54. The molecule has 0 unspecified atom stereocenters. The van der Waals surface area contributed by atoms with Gasteiger partial charge in [-0.25, -0.2) is 0 Å². The Morgan fingerprint density at radius 3 is 1.07 bits per heavy atom. The number of nitrogens with zero attached hydrogens (tertiary/aromatic N) is 2. The minimum absolute atomic E-state index is 0.0211. The van der Waals surface area contributed by atoms with Crippen LogP contribution in [0.4, 0.5) is 0 Å². The fourth-order valence-electron chi connectivity index (χ4n) is 10.6. The standard InChI is InChI=1S/C58H60N4O8/c1-33-15-37-23-38-16-34(2)20-45(54(38)64)31-62(52(58(68)70-6)26-42-28-60-50-14-10-8-12-48(42)50)32-46-22-36(4)18-40(56(46)66)24-39-17-35(3)21-44(55(39)65)30-61(29-43(19-33)53(37)63)51(57(67)69-5)25-41-27-59-49-13-9-7-11-47(41)49/h7-22,27-28,51-52,59-60,63-66H,23-26,29-32H2,1-6H3/t51-,52-/m1/s1. The molecule has 0 radical (unpaired) electrons. The quantitative estimate of drug-likeness (QED) is 0.0806. The molecule has 12 nitrogen and oxygen atoms in total. The number of hydrogen-bond acceptors (Lipinski definition) is 10. The first-order chi connectivity index (χ1) is 33.7. The average molecular weight is 941 g/mol. The Morgan fingerprint density at radius 1 is 0.486 bits per heavy atom. The lowest BCUT2D eigenvalue weighted by Gasteiger charge is -2.32. The number of para-hydroxylation sites is 2. The van der Waals surface area contributed by atoms with Crippen LogP contribution in [0.3, 0.4) is 0 Å². The molecule has 2 aromatic heterocycles. The van der Waals surface area contributed by atoms with Gasteiger partial charge in [-0.05, 0) is 73.2 Å². The molecule has 12 heteroatoms. The van der Waals surface area contributed by atoms with Crippen LogP contribution in [0.5, 0.6) is 23.0 Å². The van der Waals surface area contributed by atoms with E-state index in [2.05, 4.69) is 9.97 Å². The van der Waals surface area contributed by atoms with Crippen LogP contribution in [0.25, 0.3) is 21.8 Å². The van der Waals surface area contributed by atoms with Crippen molar-refractivity contribution in [3.63, 3.8) is 0 Å². The average Bonchev–Trinajstić information content (AvgIpc) is 3.95. The van der Waals surface area contributed by atoms with Crippen molar-refractivity contribution < 1.29 is 39.5 Å². The second kappa shape index (κ2) is 19.8. The third kappa shape index (κ3) is 9.70. The van der Waals surface area contributed by atoms with Crippen molar-refractivity contribution in [2.75, 3.05) is 14.2 Å². The van der Waals surface area contributed by atoms with Crippen molar-refractivity contribution in [1.82, 2.24) is 19.8 Å². The van der Waals surface area contributed by atoms with Crippen molar-refractivity contribution >= 4 is 33.7 Å². The predicted octanol–water partition coefficient (Wildman–Crippen LogP) is 9.77. The van der Waals surface area contributed by atoms with E-state index in [0.29, 0.717) is 44.5 Å². The van der Waals surface area contributed by atoms with Crippen LogP contribution in [-0.4, -0.2) is 78.4 Å². The molecule has 6 N–H and O–H groups in total. The number of aromatic amines is 2. The van der Waals surface area contributed by atoms with E-state index in [-0.39, 0.29) is 74.9 Å². The minimum atomic E-state index is -0.853. The molecular weight excluding hydrogens is 881 g/mol. The van der Waals surface area contributed by atoms with Gasteiger partial charge in [0, 0.05) is 108 Å². The number of hydrogen-bond donors (Lipinski definition) is 6. The van der Waals surface area contributed by atoms with Crippen LogP contribution in [-0.2, 0) is 70.9 Å². The molecule has 0 saturated carbocycles. The van der Waals surface area contributed by atoms with Crippen LogP contribution in [0.15, 0.2) is 109 Å². The van der Waals surface area contributed by atoms with Gasteiger partial charge < -0.3 is 39.9 Å². The number of esters is 2. The molecule has 6 aromatic carbocycles. The molecule has 0 saturated heterocycles. The van der Waals surface area contributed by atoms with E-state index in [1.165, 1.54) is 14.2 Å². The Kier molecular flexibility index (Phi) is 13.5. The monoisotopic (exact) mass is 940 g/mol. The summed E-state index contributed by atoms with van der Waals surface area (Å²) in [4.78, 5) is 38.8. The highest BCUT2D eigenvalue weighted by molar-refractivity contribution is 5.86. The number of fused-ring (bicyclic) bond motifs is 10. The van der Waals surface area contributed by atoms with Gasteiger partial charge in [-0.3, -0.25) is 19.4 Å². The van der Waals surface area contributed by atoms with Gasteiger partial charge >= 0.3 is 11.9 Å². The summed E-state index contributed by atoms with van der Waals surface area (Å²) in [6.45, 7) is 8.18. The minimum Gasteiger partial charge on any atom is -0.507 e. The van der Waals surface area contributed by atoms with Gasteiger partial charge in [-0.15, -0.1) is 0 Å². The van der Waals surface area contributed by atoms with E-state index in [1.54, 1.807) is 0 Å². The number of aryl methyl sites for hydroxylation is 4. The summed E-state index contributed by atoms with van der Waals surface area (Å²) in [5.74, 6) is -0.862. The maximum Gasteiger partial charge on any atom is 0.323 e. The number of nitrogens with one attached hydrogen (secondary N) is 2. The topological polar surface area (TPSA) is 172 Å². The summed E-state index contributed by atoms with van der Waals surface area (Å²) in [7, 11) is 2.73. The van der Waals surface area contributed by atoms with E-state index < -0.39 is 24.0 Å². The van der Waals surface area contributed by atoms with E-state index in [4.69, 9.17) is 9.47 Å². The first-order valence-corrected chi connectivity index (χ1v) is 23.7.